The van der Waals surface area contributed by atoms with Crippen molar-refractivity contribution >= 4 is 23.8 Å². The number of nitrogens with zero attached hydrogens (tertiary/aromatic N) is 4. The number of carbonyl (C=O) groups is 2. The van der Waals surface area contributed by atoms with Crippen LogP contribution in [0.4, 0.5) is 4.79 Å². The molecule has 2 heterocycles. The summed E-state index contributed by atoms with van der Waals surface area (Å²) in [7, 11) is 0. The number of urea groups is 1. The third-order valence-corrected chi connectivity index (χ3v) is 3.78. The molecule has 1 atom stereocenters. The standard InChI is InChI=1S/C11H17N5O3S/c1-20-5-2-8(10(17)18)13-11(19)15-3-4-16-7-12-14-9(16)6-15/h7-8H,2-6H2,1H3,(H,13,19)(H,17,18). The number of amides is 2. The molecule has 1 aromatic heterocycles. The fourth-order valence-corrected chi connectivity index (χ4v) is 2.44. The highest BCUT2D eigenvalue weighted by atomic mass is 32.2. The Morgan fingerprint density at radius 1 is 1.55 bits per heavy atom. The van der Waals surface area contributed by atoms with Gasteiger partial charge in [0, 0.05) is 13.1 Å². The molecule has 2 rings (SSSR count). The molecule has 1 aliphatic heterocycles. The average Bonchev–Trinajstić information content (AvgIpc) is 2.90. The molecular weight excluding hydrogens is 282 g/mol. The zero-order valence-corrected chi connectivity index (χ0v) is 12.0. The summed E-state index contributed by atoms with van der Waals surface area (Å²) in [5.74, 6) is 0.390. The Labute approximate surface area is 120 Å². The predicted octanol–water partition coefficient (Wildman–Crippen LogP) is 0.00960. The van der Waals surface area contributed by atoms with Crippen molar-refractivity contribution in [3.8, 4) is 0 Å². The molecule has 1 aromatic rings. The lowest BCUT2D eigenvalue weighted by Crippen LogP contribution is -2.50. The summed E-state index contributed by atoms with van der Waals surface area (Å²) in [6.45, 7) is 1.49. The summed E-state index contributed by atoms with van der Waals surface area (Å²) in [5.41, 5.74) is 0. The smallest absolute Gasteiger partial charge is 0.326 e. The van der Waals surface area contributed by atoms with Crippen molar-refractivity contribution in [3.05, 3.63) is 12.2 Å². The summed E-state index contributed by atoms with van der Waals surface area (Å²) in [6, 6.07) is -1.22. The van der Waals surface area contributed by atoms with Gasteiger partial charge in [0.15, 0.2) is 5.82 Å². The molecule has 1 aliphatic rings. The van der Waals surface area contributed by atoms with Crippen molar-refractivity contribution in [2.45, 2.75) is 25.6 Å². The Kier molecular flexibility index (Phi) is 4.83. The normalized spacial score (nSPS) is 15.6. The molecule has 0 bridgehead atoms. The van der Waals surface area contributed by atoms with E-state index in [0.717, 1.165) is 0 Å². The number of hydrogen-bond acceptors (Lipinski definition) is 5. The SMILES string of the molecule is CSCCC(NC(=O)N1CCn2cnnc2C1)C(=O)O. The van der Waals surface area contributed by atoms with Crippen molar-refractivity contribution in [3.63, 3.8) is 0 Å². The van der Waals surface area contributed by atoms with Crippen LogP contribution in [0.15, 0.2) is 6.33 Å². The van der Waals surface area contributed by atoms with Gasteiger partial charge >= 0.3 is 12.0 Å². The average molecular weight is 299 g/mol. The first-order chi connectivity index (χ1) is 9.61. The van der Waals surface area contributed by atoms with E-state index in [4.69, 9.17) is 5.11 Å². The van der Waals surface area contributed by atoms with Gasteiger partial charge in [-0.3, -0.25) is 0 Å². The predicted molar refractivity (Wildman–Crippen MR) is 73.4 cm³/mol. The van der Waals surface area contributed by atoms with Gasteiger partial charge in [-0.2, -0.15) is 11.8 Å². The van der Waals surface area contributed by atoms with Crippen LogP contribution in [-0.4, -0.2) is 61.4 Å². The first-order valence-corrected chi connectivity index (χ1v) is 7.65. The lowest BCUT2D eigenvalue weighted by atomic mass is 10.2. The Hall–Kier alpha value is -1.77. The molecule has 110 valence electrons. The van der Waals surface area contributed by atoms with Gasteiger partial charge in [0.1, 0.15) is 12.4 Å². The molecule has 0 saturated carbocycles. The van der Waals surface area contributed by atoms with Crippen LogP contribution in [0, 0.1) is 0 Å². The van der Waals surface area contributed by atoms with Crippen molar-refractivity contribution < 1.29 is 14.7 Å². The topological polar surface area (TPSA) is 100 Å². The van der Waals surface area contributed by atoms with Crippen LogP contribution in [-0.2, 0) is 17.9 Å². The van der Waals surface area contributed by atoms with Crippen molar-refractivity contribution in [2.75, 3.05) is 18.6 Å². The van der Waals surface area contributed by atoms with E-state index in [1.54, 1.807) is 23.0 Å². The lowest BCUT2D eigenvalue weighted by molar-refractivity contribution is -0.139. The van der Waals surface area contributed by atoms with Crippen LogP contribution in [0.5, 0.6) is 0 Å². The molecule has 1 unspecified atom stereocenters. The maximum Gasteiger partial charge on any atom is 0.326 e. The van der Waals surface area contributed by atoms with Crippen LogP contribution < -0.4 is 5.32 Å². The van der Waals surface area contributed by atoms with Crippen LogP contribution in [0.3, 0.4) is 0 Å². The quantitative estimate of drug-likeness (QED) is 0.794. The number of carbonyl (C=O) groups excluding carboxylic acids is 1. The van der Waals surface area contributed by atoms with Gasteiger partial charge in [0.05, 0.1) is 6.54 Å². The zero-order chi connectivity index (χ0) is 14.5. The van der Waals surface area contributed by atoms with Crippen molar-refractivity contribution in [2.24, 2.45) is 0 Å². The third-order valence-electron chi connectivity index (χ3n) is 3.13. The van der Waals surface area contributed by atoms with Crippen molar-refractivity contribution in [1.29, 1.82) is 0 Å². The van der Waals surface area contributed by atoms with Gasteiger partial charge in [-0.05, 0) is 18.4 Å². The Balaban J connectivity index is 1.92. The van der Waals surface area contributed by atoms with Crippen LogP contribution in [0.25, 0.3) is 0 Å². The molecule has 0 radical (unpaired) electrons. The molecule has 2 amide bonds. The summed E-state index contributed by atoms with van der Waals surface area (Å²) in [6.07, 6.45) is 3.94. The number of carboxylic acids is 1. The van der Waals surface area contributed by atoms with Gasteiger partial charge in [0.2, 0.25) is 0 Å². The molecule has 0 spiro atoms. The minimum atomic E-state index is -1.01. The molecule has 2 N–H and O–H groups in total. The summed E-state index contributed by atoms with van der Waals surface area (Å²) < 4.78 is 1.88. The van der Waals surface area contributed by atoms with Crippen LogP contribution in [0.1, 0.15) is 12.2 Å². The lowest BCUT2D eigenvalue weighted by Gasteiger charge is -2.28. The molecular formula is C11H17N5O3S. The molecule has 9 heteroatoms. The summed E-state index contributed by atoms with van der Waals surface area (Å²) >= 11 is 1.55. The molecule has 0 saturated heterocycles. The highest BCUT2D eigenvalue weighted by molar-refractivity contribution is 7.98. The fraction of sp³-hybridized carbons (Fsp3) is 0.636. The molecule has 0 fully saturated rings. The number of hydrogen-bond donors (Lipinski definition) is 2. The van der Waals surface area contributed by atoms with Gasteiger partial charge < -0.3 is 19.9 Å². The van der Waals surface area contributed by atoms with E-state index in [0.29, 0.717) is 37.6 Å². The van der Waals surface area contributed by atoms with E-state index in [1.165, 1.54) is 0 Å². The van der Waals surface area contributed by atoms with E-state index in [-0.39, 0.29) is 6.03 Å². The van der Waals surface area contributed by atoms with Gasteiger partial charge in [0.25, 0.3) is 0 Å². The second kappa shape index (κ2) is 6.60. The maximum absolute atomic E-state index is 12.1. The number of thioether (sulfide) groups is 1. The second-order valence-corrected chi connectivity index (χ2v) is 5.47. The Bertz CT molecular complexity index is 492. The number of fused-ring (bicyclic) bond motifs is 1. The van der Waals surface area contributed by atoms with Gasteiger partial charge in [-0.15, -0.1) is 10.2 Å². The van der Waals surface area contributed by atoms with E-state index in [9.17, 15) is 9.59 Å². The van der Waals surface area contributed by atoms with E-state index < -0.39 is 12.0 Å². The molecule has 8 nitrogen and oxygen atoms in total. The van der Waals surface area contributed by atoms with Gasteiger partial charge in [-0.25, -0.2) is 9.59 Å². The highest BCUT2D eigenvalue weighted by Gasteiger charge is 2.26. The monoisotopic (exact) mass is 299 g/mol. The van der Waals surface area contributed by atoms with Crippen LogP contribution >= 0.6 is 11.8 Å². The minimum Gasteiger partial charge on any atom is -0.480 e. The van der Waals surface area contributed by atoms with Crippen LogP contribution in [0.2, 0.25) is 0 Å². The molecule has 0 aliphatic carbocycles. The van der Waals surface area contributed by atoms with Gasteiger partial charge in [-0.1, -0.05) is 0 Å². The first-order valence-electron chi connectivity index (χ1n) is 6.25. The Morgan fingerprint density at radius 3 is 3.05 bits per heavy atom. The first kappa shape index (κ1) is 14.6. The van der Waals surface area contributed by atoms with E-state index >= 15 is 0 Å². The fourth-order valence-electron chi connectivity index (χ4n) is 1.97. The zero-order valence-electron chi connectivity index (χ0n) is 11.2. The van der Waals surface area contributed by atoms with Crippen molar-refractivity contribution in [1.82, 2.24) is 25.0 Å². The van der Waals surface area contributed by atoms with E-state index in [2.05, 4.69) is 15.5 Å². The molecule has 0 aromatic carbocycles. The largest absolute Gasteiger partial charge is 0.480 e. The second-order valence-electron chi connectivity index (χ2n) is 4.48. The molecule has 20 heavy (non-hydrogen) atoms. The van der Waals surface area contributed by atoms with E-state index in [1.807, 2.05) is 10.8 Å². The highest BCUT2D eigenvalue weighted by Crippen LogP contribution is 2.10. The Morgan fingerprint density at radius 2 is 2.35 bits per heavy atom. The number of carboxylic acid groups (broad SMARTS) is 1. The number of nitrogens with one attached hydrogen (secondary N) is 1. The number of aromatic nitrogens is 3. The third kappa shape index (κ3) is 3.41. The minimum absolute atomic E-state index is 0.348. The maximum atomic E-state index is 12.1. The number of aliphatic carboxylic acids is 1. The number of rotatable bonds is 5. The summed E-state index contributed by atoms with van der Waals surface area (Å²) in [4.78, 5) is 24.8. The summed E-state index contributed by atoms with van der Waals surface area (Å²) in [5, 5.41) is 19.4.